The third kappa shape index (κ3) is 3.99. The van der Waals surface area contributed by atoms with Crippen LogP contribution in [0.1, 0.15) is 37.7 Å². The van der Waals surface area contributed by atoms with Crippen molar-refractivity contribution >= 4 is 40.3 Å². The number of halogens is 1. The number of rotatable bonds is 3. The van der Waals surface area contributed by atoms with E-state index in [1.807, 2.05) is 35.2 Å². The number of thioether (sulfide) groups is 1. The highest BCUT2D eigenvalue weighted by molar-refractivity contribution is 8.26. The summed E-state index contributed by atoms with van der Waals surface area (Å²) >= 11 is 6.89. The molecule has 0 bridgehead atoms. The molecule has 2 fully saturated rings. The van der Waals surface area contributed by atoms with Crippen molar-refractivity contribution in [3.63, 3.8) is 0 Å². The number of thiocarbonyl (C=S) groups is 1. The van der Waals surface area contributed by atoms with Crippen LogP contribution in [0.4, 0.5) is 4.39 Å². The summed E-state index contributed by atoms with van der Waals surface area (Å²) < 4.78 is 13.8. The van der Waals surface area contributed by atoms with Gasteiger partial charge in [-0.15, -0.1) is 0 Å². The van der Waals surface area contributed by atoms with Gasteiger partial charge in [-0.2, -0.15) is 0 Å². The van der Waals surface area contributed by atoms with Crippen LogP contribution in [0.3, 0.4) is 0 Å². The lowest BCUT2D eigenvalue weighted by Crippen LogP contribution is -2.39. The van der Waals surface area contributed by atoms with Crippen molar-refractivity contribution < 1.29 is 9.18 Å². The van der Waals surface area contributed by atoms with E-state index in [2.05, 4.69) is 0 Å². The van der Waals surface area contributed by atoms with E-state index in [1.54, 1.807) is 12.1 Å². The zero-order valence-corrected chi connectivity index (χ0v) is 16.5. The summed E-state index contributed by atoms with van der Waals surface area (Å²) in [5.74, 6) is -0.217. The summed E-state index contributed by atoms with van der Waals surface area (Å²) in [5.41, 5.74) is 2.88. The van der Waals surface area contributed by atoms with Crippen LogP contribution in [0.25, 0.3) is 17.2 Å². The summed E-state index contributed by atoms with van der Waals surface area (Å²) in [6.07, 6.45) is 7.58. The average molecular weight is 398 g/mol. The molecule has 0 spiro atoms. The van der Waals surface area contributed by atoms with Gasteiger partial charge in [-0.25, -0.2) is 4.39 Å². The molecule has 2 nitrogen and oxygen atoms in total. The predicted molar refractivity (Wildman–Crippen MR) is 114 cm³/mol. The zero-order valence-electron chi connectivity index (χ0n) is 14.9. The maximum atomic E-state index is 13.2. The van der Waals surface area contributed by atoms with Crippen molar-refractivity contribution in [1.29, 1.82) is 0 Å². The van der Waals surface area contributed by atoms with Crippen LogP contribution in [0.2, 0.25) is 0 Å². The Labute approximate surface area is 168 Å². The van der Waals surface area contributed by atoms with Crippen LogP contribution in [-0.2, 0) is 4.79 Å². The van der Waals surface area contributed by atoms with Crippen molar-refractivity contribution in [2.24, 2.45) is 0 Å². The lowest BCUT2D eigenvalue weighted by molar-refractivity contribution is -0.124. The van der Waals surface area contributed by atoms with Crippen molar-refractivity contribution in [1.82, 2.24) is 4.90 Å². The fourth-order valence-electron chi connectivity index (χ4n) is 3.74. The number of nitrogens with zero attached hydrogens (tertiary/aromatic N) is 1. The molecule has 1 saturated carbocycles. The molecule has 1 heterocycles. The monoisotopic (exact) mass is 397 g/mol. The van der Waals surface area contributed by atoms with Crippen molar-refractivity contribution in [2.45, 2.75) is 38.1 Å². The number of hydrogen-bond donors (Lipinski definition) is 0. The molecule has 4 rings (SSSR count). The molecule has 0 aromatic heterocycles. The molecular weight excluding hydrogens is 377 g/mol. The molecule has 5 heteroatoms. The SMILES string of the molecule is O=C1/C(=C/c2cccc(-c3ccc(F)cc3)c2)SC(=S)N1C1CCCCC1. The first kappa shape index (κ1) is 18.4. The predicted octanol–water partition coefficient (Wildman–Crippen LogP) is 6.03. The molecule has 2 aromatic rings. The molecule has 1 aliphatic carbocycles. The van der Waals surface area contributed by atoms with Gasteiger partial charge in [0, 0.05) is 6.04 Å². The van der Waals surface area contributed by atoms with Crippen LogP contribution in [0.5, 0.6) is 0 Å². The quantitative estimate of drug-likeness (QED) is 0.466. The molecule has 0 N–H and O–H groups in total. The van der Waals surface area contributed by atoms with E-state index >= 15 is 0 Å². The topological polar surface area (TPSA) is 20.3 Å². The van der Waals surface area contributed by atoms with E-state index in [1.165, 1.54) is 43.2 Å². The van der Waals surface area contributed by atoms with Gasteiger partial charge in [0.25, 0.3) is 5.91 Å². The number of amides is 1. The van der Waals surface area contributed by atoms with Gasteiger partial charge < -0.3 is 0 Å². The number of carbonyl (C=O) groups excluding carboxylic acids is 1. The minimum Gasteiger partial charge on any atom is -0.290 e. The molecule has 138 valence electrons. The Balaban J connectivity index is 1.58. The third-order valence-electron chi connectivity index (χ3n) is 5.13. The van der Waals surface area contributed by atoms with E-state index < -0.39 is 0 Å². The lowest BCUT2D eigenvalue weighted by atomic mass is 9.94. The number of benzene rings is 2. The van der Waals surface area contributed by atoms with E-state index in [0.717, 1.165) is 29.5 Å². The van der Waals surface area contributed by atoms with E-state index in [4.69, 9.17) is 12.2 Å². The molecule has 1 saturated heterocycles. The molecule has 0 unspecified atom stereocenters. The molecule has 1 aliphatic heterocycles. The molecular formula is C22H20FNOS2. The first-order valence-corrected chi connectivity index (χ1v) is 10.5. The Morgan fingerprint density at radius 3 is 2.52 bits per heavy atom. The van der Waals surface area contributed by atoms with Crippen molar-refractivity contribution in [3.8, 4) is 11.1 Å². The molecule has 1 amide bonds. The minimum atomic E-state index is -0.249. The Morgan fingerprint density at radius 1 is 1.04 bits per heavy atom. The van der Waals surface area contributed by atoms with Crippen LogP contribution in [0.15, 0.2) is 53.4 Å². The lowest BCUT2D eigenvalue weighted by Gasteiger charge is -2.29. The Morgan fingerprint density at radius 2 is 1.78 bits per heavy atom. The Hall–Kier alpha value is -1.98. The average Bonchev–Trinajstić information content (AvgIpc) is 2.96. The van der Waals surface area contributed by atoms with Gasteiger partial charge in [-0.1, -0.05) is 73.6 Å². The number of carbonyl (C=O) groups is 1. The second-order valence-electron chi connectivity index (χ2n) is 6.98. The van der Waals surface area contributed by atoms with E-state index in [0.29, 0.717) is 9.23 Å². The summed E-state index contributed by atoms with van der Waals surface area (Å²) in [4.78, 5) is 15.4. The summed E-state index contributed by atoms with van der Waals surface area (Å²) in [6, 6.07) is 14.6. The van der Waals surface area contributed by atoms with Gasteiger partial charge in [-0.3, -0.25) is 9.69 Å². The summed E-state index contributed by atoms with van der Waals surface area (Å²) in [5, 5.41) is 0. The minimum absolute atomic E-state index is 0.0316. The van der Waals surface area contributed by atoms with Crippen LogP contribution in [-0.4, -0.2) is 21.2 Å². The van der Waals surface area contributed by atoms with Gasteiger partial charge in [0.1, 0.15) is 10.1 Å². The highest BCUT2D eigenvalue weighted by Crippen LogP contribution is 2.37. The fraction of sp³-hybridized carbons (Fsp3) is 0.273. The van der Waals surface area contributed by atoms with Gasteiger partial charge in [0.15, 0.2) is 0 Å². The Kier molecular flexibility index (Phi) is 5.41. The smallest absolute Gasteiger partial charge is 0.266 e. The second-order valence-corrected chi connectivity index (χ2v) is 8.65. The van der Waals surface area contributed by atoms with Crippen LogP contribution in [0, 0.1) is 5.82 Å². The van der Waals surface area contributed by atoms with E-state index in [9.17, 15) is 9.18 Å². The maximum Gasteiger partial charge on any atom is 0.266 e. The molecule has 0 atom stereocenters. The largest absolute Gasteiger partial charge is 0.290 e. The van der Waals surface area contributed by atoms with Crippen molar-refractivity contribution in [3.05, 3.63) is 64.8 Å². The van der Waals surface area contributed by atoms with Gasteiger partial charge in [0.2, 0.25) is 0 Å². The molecule has 27 heavy (non-hydrogen) atoms. The first-order chi connectivity index (χ1) is 13.1. The normalized spacial score (nSPS) is 19.9. The molecule has 0 radical (unpaired) electrons. The van der Waals surface area contributed by atoms with Gasteiger partial charge in [0.05, 0.1) is 4.91 Å². The summed E-state index contributed by atoms with van der Waals surface area (Å²) in [7, 11) is 0. The molecule has 2 aromatic carbocycles. The standard InChI is InChI=1S/C22H20FNOS2/c23-18-11-9-16(10-12-18)17-6-4-5-15(13-17)14-20-21(25)24(22(26)27-20)19-7-2-1-3-8-19/h4-6,9-14,19H,1-3,7-8H2/b20-14-. The van der Waals surface area contributed by atoms with E-state index in [-0.39, 0.29) is 17.8 Å². The number of hydrogen-bond acceptors (Lipinski definition) is 3. The molecule has 2 aliphatic rings. The van der Waals surface area contributed by atoms with Gasteiger partial charge >= 0.3 is 0 Å². The van der Waals surface area contributed by atoms with Crippen LogP contribution >= 0.6 is 24.0 Å². The summed E-state index contributed by atoms with van der Waals surface area (Å²) in [6.45, 7) is 0. The fourth-order valence-corrected chi connectivity index (χ4v) is 5.14. The van der Waals surface area contributed by atoms with Crippen molar-refractivity contribution in [2.75, 3.05) is 0 Å². The zero-order chi connectivity index (χ0) is 18.8. The highest BCUT2D eigenvalue weighted by Gasteiger charge is 2.37. The highest BCUT2D eigenvalue weighted by atomic mass is 32.2. The second kappa shape index (κ2) is 7.95. The Bertz CT molecular complexity index is 901. The van der Waals surface area contributed by atoms with Gasteiger partial charge in [-0.05, 0) is 53.8 Å². The van der Waals surface area contributed by atoms with Crippen LogP contribution < -0.4 is 0 Å². The maximum absolute atomic E-state index is 13.2. The first-order valence-electron chi connectivity index (χ1n) is 9.25. The third-order valence-corrected chi connectivity index (χ3v) is 6.46.